The van der Waals surface area contributed by atoms with Crippen LogP contribution in [0.2, 0.25) is 0 Å². The monoisotopic (exact) mass is 492 g/mol. The molecule has 7 heteroatoms. The van der Waals surface area contributed by atoms with E-state index in [1.54, 1.807) is 12.1 Å². The van der Waals surface area contributed by atoms with Crippen molar-refractivity contribution in [3.05, 3.63) is 38.0 Å². The molecule has 0 saturated carbocycles. The van der Waals surface area contributed by atoms with Crippen LogP contribution in [0.4, 0.5) is 4.39 Å². The summed E-state index contributed by atoms with van der Waals surface area (Å²) >= 11 is 13.2. The van der Waals surface area contributed by atoms with Gasteiger partial charge in [-0.05, 0) is 29.3 Å². The number of aliphatic carboxylic acids is 1. The number of benzene rings is 1. The molecule has 0 spiro atoms. The fourth-order valence-electron chi connectivity index (χ4n) is 1.13. The first kappa shape index (κ1) is 15.3. The van der Waals surface area contributed by atoms with Gasteiger partial charge < -0.3 is 5.11 Å². The number of alkyl halides is 2. The van der Waals surface area contributed by atoms with E-state index in [0.717, 1.165) is 10.5 Å². The zero-order valence-electron chi connectivity index (χ0n) is 8.05. The van der Waals surface area contributed by atoms with Crippen LogP contribution in [-0.4, -0.2) is 11.1 Å². The van der Waals surface area contributed by atoms with E-state index in [4.69, 9.17) is 5.11 Å². The molecule has 92 valence electrons. The zero-order chi connectivity index (χ0) is 13.2. The van der Waals surface area contributed by atoms with Crippen LogP contribution in [0.1, 0.15) is 14.9 Å². The van der Waals surface area contributed by atoms with Crippen LogP contribution in [0.15, 0.2) is 26.9 Å². The van der Waals surface area contributed by atoms with Crippen LogP contribution in [0.5, 0.6) is 0 Å². The van der Waals surface area contributed by atoms with Crippen LogP contribution < -0.4 is 0 Å². The fourth-order valence-corrected chi connectivity index (χ4v) is 3.26. The standard InChI is InChI=1S/C10H5Br4FO2/c11-4-1-6(9(13)14)5(7(12)2-4)3-8(15)10(16)17/h1-3,9H,(H,16,17). The van der Waals surface area contributed by atoms with Gasteiger partial charge in [0.15, 0.2) is 0 Å². The Kier molecular flexibility index (Phi) is 5.82. The lowest BCUT2D eigenvalue weighted by Gasteiger charge is -2.10. The molecule has 0 atom stereocenters. The third-order valence-corrected chi connectivity index (χ3v) is 3.94. The Morgan fingerprint density at radius 1 is 1.35 bits per heavy atom. The maximum atomic E-state index is 13.1. The Hall–Kier alpha value is 0.280. The van der Waals surface area contributed by atoms with Gasteiger partial charge in [0.25, 0.3) is 0 Å². The van der Waals surface area contributed by atoms with Gasteiger partial charge in [-0.2, -0.15) is 4.39 Å². The van der Waals surface area contributed by atoms with E-state index in [1.807, 2.05) is 0 Å². The lowest BCUT2D eigenvalue weighted by molar-refractivity contribution is -0.134. The van der Waals surface area contributed by atoms with Gasteiger partial charge in [0.05, 0.1) is 3.74 Å². The first-order valence-corrected chi connectivity index (χ1v) is 7.62. The van der Waals surface area contributed by atoms with E-state index in [9.17, 15) is 9.18 Å². The average Bonchev–Trinajstić information content (AvgIpc) is 2.20. The summed E-state index contributed by atoms with van der Waals surface area (Å²) < 4.78 is 14.3. The summed E-state index contributed by atoms with van der Waals surface area (Å²) in [5.74, 6) is -2.80. The zero-order valence-corrected chi connectivity index (χ0v) is 14.4. The van der Waals surface area contributed by atoms with Crippen LogP contribution >= 0.6 is 63.7 Å². The van der Waals surface area contributed by atoms with E-state index in [0.29, 0.717) is 15.6 Å². The van der Waals surface area contributed by atoms with E-state index in [2.05, 4.69) is 63.7 Å². The molecule has 0 radical (unpaired) electrons. The maximum Gasteiger partial charge on any atom is 0.364 e. The van der Waals surface area contributed by atoms with Crippen LogP contribution in [0.3, 0.4) is 0 Å². The minimum absolute atomic E-state index is 0.211. The molecule has 1 aromatic carbocycles. The molecule has 0 aliphatic rings. The van der Waals surface area contributed by atoms with Crippen LogP contribution in [0.25, 0.3) is 6.08 Å². The molecule has 0 heterocycles. The van der Waals surface area contributed by atoms with Crippen molar-refractivity contribution in [3.8, 4) is 0 Å². The Morgan fingerprint density at radius 2 is 1.94 bits per heavy atom. The molecule has 0 aliphatic heterocycles. The molecule has 0 unspecified atom stereocenters. The van der Waals surface area contributed by atoms with Gasteiger partial charge >= 0.3 is 5.97 Å². The number of carboxylic acids is 1. The van der Waals surface area contributed by atoms with Gasteiger partial charge in [0, 0.05) is 8.95 Å². The molecule has 17 heavy (non-hydrogen) atoms. The highest BCUT2D eigenvalue weighted by Gasteiger charge is 2.15. The Bertz CT molecular complexity index is 485. The summed E-state index contributed by atoms with van der Waals surface area (Å²) in [6, 6.07) is 3.48. The lowest BCUT2D eigenvalue weighted by atomic mass is 10.1. The average molecular weight is 496 g/mol. The minimum atomic E-state index is -1.59. The van der Waals surface area contributed by atoms with Gasteiger partial charge in [-0.3, -0.25) is 0 Å². The molecule has 0 aliphatic carbocycles. The van der Waals surface area contributed by atoms with E-state index < -0.39 is 11.8 Å². The van der Waals surface area contributed by atoms with Crippen molar-refractivity contribution in [2.45, 2.75) is 3.74 Å². The number of hydrogen-bond donors (Lipinski definition) is 1. The normalized spacial score (nSPS) is 12.0. The second kappa shape index (κ2) is 6.45. The van der Waals surface area contributed by atoms with E-state index >= 15 is 0 Å². The van der Waals surface area contributed by atoms with Gasteiger partial charge in [0.1, 0.15) is 0 Å². The van der Waals surface area contributed by atoms with Crippen molar-refractivity contribution < 1.29 is 14.3 Å². The highest BCUT2D eigenvalue weighted by Crippen LogP contribution is 2.38. The molecule has 0 aromatic heterocycles. The minimum Gasteiger partial charge on any atom is -0.476 e. The SMILES string of the molecule is O=C(O)C(F)=Cc1c(Br)cc(Br)cc1C(Br)Br. The molecule has 0 fully saturated rings. The Morgan fingerprint density at radius 3 is 2.41 bits per heavy atom. The molecular weight excluding hydrogens is 491 g/mol. The molecule has 1 aromatic rings. The van der Waals surface area contributed by atoms with Crippen molar-refractivity contribution in [2.24, 2.45) is 0 Å². The predicted octanol–water partition coefficient (Wildman–Crippen LogP) is 5.40. The lowest BCUT2D eigenvalue weighted by Crippen LogP contribution is -1.96. The van der Waals surface area contributed by atoms with E-state index in [-0.39, 0.29) is 3.74 Å². The maximum absolute atomic E-state index is 13.1. The highest BCUT2D eigenvalue weighted by molar-refractivity contribution is 9.24. The smallest absolute Gasteiger partial charge is 0.364 e. The summed E-state index contributed by atoms with van der Waals surface area (Å²) in [4.78, 5) is 10.5. The first-order valence-electron chi connectivity index (χ1n) is 4.20. The summed E-state index contributed by atoms with van der Waals surface area (Å²) in [5, 5.41) is 8.53. The van der Waals surface area contributed by atoms with Crippen LogP contribution in [0, 0.1) is 0 Å². The Balaban J connectivity index is 3.41. The van der Waals surface area contributed by atoms with E-state index in [1.165, 1.54) is 0 Å². The molecule has 1 rings (SSSR count). The number of carbonyl (C=O) groups is 1. The van der Waals surface area contributed by atoms with Crippen LogP contribution in [-0.2, 0) is 4.79 Å². The molecule has 0 bridgehead atoms. The largest absolute Gasteiger partial charge is 0.476 e. The van der Waals surface area contributed by atoms with Gasteiger partial charge in [0.2, 0.25) is 5.83 Å². The Labute approximate surface area is 131 Å². The van der Waals surface area contributed by atoms with Gasteiger partial charge in [-0.15, -0.1) is 0 Å². The van der Waals surface area contributed by atoms with Crippen molar-refractivity contribution in [1.82, 2.24) is 0 Å². The molecule has 1 N–H and O–H groups in total. The van der Waals surface area contributed by atoms with Crippen molar-refractivity contribution >= 4 is 75.8 Å². The number of carboxylic acid groups (broad SMARTS) is 1. The molecule has 0 saturated heterocycles. The predicted molar refractivity (Wildman–Crippen MR) is 79.2 cm³/mol. The number of rotatable bonds is 3. The van der Waals surface area contributed by atoms with Crippen molar-refractivity contribution in [1.29, 1.82) is 0 Å². The second-order valence-corrected chi connectivity index (χ2v) is 7.82. The third-order valence-electron chi connectivity index (χ3n) is 1.84. The summed E-state index contributed by atoms with van der Waals surface area (Å²) in [7, 11) is 0. The third kappa shape index (κ3) is 4.15. The summed E-state index contributed by atoms with van der Waals surface area (Å²) in [6.07, 6.45) is 0.976. The number of halogens is 5. The van der Waals surface area contributed by atoms with Gasteiger partial charge in [-0.25, -0.2) is 4.79 Å². The quantitative estimate of drug-likeness (QED) is 0.451. The van der Waals surface area contributed by atoms with Crippen molar-refractivity contribution in [2.75, 3.05) is 0 Å². The summed E-state index contributed by atoms with van der Waals surface area (Å²) in [6.45, 7) is 0. The molecule has 0 amide bonds. The fraction of sp³-hybridized carbons (Fsp3) is 0.100. The van der Waals surface area contributed by atoms with Crippen molar-refractivity contribution in [3.63, 3.8) is 0 Å². The first-order chi connectivity index (χ1) is 7.82. The number of hydrogen-bond acceptors (Lipinski definition) is 1. The molecular formula is C10H5Br4FO2. The summed E-state index contributed by atoms with van der Waals surface area (Å²) in [5.41, 5.74) is 1.18. The molecule has 2 nitrogen and oxygen atoms in total. The highest BCUT2D eigenvalue weighted by atomic mass is 79.9. The topological polar surface area (TPSA) is 37.3 Å². The second-order valence-electron chi connectivity index (χ2n) is 2.99. The van der Waals surface area contributed by atoms with Gasteiger partial charge in [-0.1, -0.05) is 63.7 Å².